The second kappa shape index (κ2) is 4.71. The monoisotopic (exact) mass is 252 g/mol. The van der Waals surface area contributed by atoms with Gasteiger partial charge in [-0.15, -0.1) is 11.6 Å². The number of alkyl halides is 1. The molecule has 0 aliphatic rings. The van der Waals surface area contributed by atoms with Crippen molar-refractivity contribution in [2.75, 3.05) is 0 Å². The lowest BCUT2D eigenvalue weighted by Crippen LogP contribution is -2.30. The van der Waals surface area contributed by atoms with Crippen LogP contribution in [0.25, 0.3) is 11.2 Å². The van der Waals surface area contributed by atoms with Crippen LogP contribution in [0, 0.1) is 0 Å². The van der Waals surface area contributed by atoms with Gasteiger partial charge in [0, 0.05) is 13.2 Å². The highest BCUT2D eigenvalue weighted by Gasteiger charge is 2.12. The van der Waals surface area contributed by atoms with Crippen molar-refractivity contribution >= 4 is 28.7 Å². The highest BCUT2D eigenvalue weighted by Crippen LogP contribution is 2.11. The van der Waals surface area contributed by atoms with Gasteiger partial charge in [0.25, 0.3) is 0 Å². The molecule has 1 N–H and O–H groups in total. The van der Waals surface area contributed by atoms with Crippen LogP contribution in [0.4, 0.5) is 0 Å². The molecular weight excluding hydrogens is 240 g/mol. The largest absolute Gasteiger partial charge is 0.348 e. The number of imidazole rings is 1. The lowest BCUT2D eigenvalue weighted by atomic mass is 10.4. The molecule has 1 atom stereocenters. The summed E-state index contributed by atoms with van der Waals surface area (Å²) < 4.78 is 1.86. The van der Waals surface area contributed by atoms with Crippen molar-refractivity contribution in [3.05, 3.63) is 24.2 Å². The van der Waals surface area contributed by atoms with Gasteiger partial charge in [0.15, 0.2) is 5.65 Å². The third-order valence-electron chi connectivity index (χ3n) is 2.50. The number of hydrogen-bond donors (Lipinski definition) is 1. The van der Waals surface area contributed by atoms with Crippen molar-refractivity contribution in [1.29, 1.82) is 0 Å². The standard InChI is InChI=1S/C11H13ClN4O/c1-7(12)11(17)14-6-9-15-8-4-3-5-13-10(8)16(9)2/h3-5,7H,6H2,1-2H3,(H,14,17). The molecule has 0 saturated heterocycles. The van der Waals surface area contributed by atoms with Gasteiger partial charge in [0.05, 0.1) is 6.54 Å². The van der Waals surface area contributed by atoms with E-state index in [4.69, 9.17) is 11.6 Å². The number of fused-ring (bicyclic) bond motifs is 1. The number of aryl methyl sites for hydroxylation is 1. The first-order valence-electron chi connectivity index (χ1n) is 5.27. The van der Waals surface area contributed by atoms with E-state index >= 15 is 0 Å². The van der Waals surface area contributed by atoms with E-state index < -0.39 is 5.38 Å². The van der Waals surface area contributed by atoms with E-state index in [1.807, 2.05) is 23.7 Å². The van der Waals surface area contributed by atoms with Gasteiger partial charge in [-0.25, -0.2) is 9.97 Å². The number of carbonyl (C=O) groups excluding carboxylic acids is 1. The topological polar surface area (TPSA) is 59.8 Å². The maximum absolute atomic E-state index is 11.3. The maximum Gasteiger partial charge on any atom is 0.238 e. The summed E-state index contributed by atoms with van der Waals surface area (Å²) >= 11 is 5.66. The van der Waals surface area contributed by atoms with Crippen LogP contribution in [0.15, 0.2) is 18.3 Å². The van der Waals surface area contributed by atoms with Crippen LogP contribution < -0.4 is 5.32 Å². The Bertz CT molecular complexity index is 549. The summed E-state index contributed by atoms with van der Waals surface area (Å²) in [4.78, 5) is 20.0. The molecule has 6 heteroatoms. The highest BCUT2D eigenvalue weighted by atomic mass is 35.5. The number of carbonyl (C=O) groups is 1. The van der Waals surface area contributed by atoms with Gasteiger partial charge < -0.3 is 9.88 Å². The van der Waals surface area contributed by atoms with Crippen LogP contribution in [0.3, 0.4) is 0 Å². The van der Waals surface area contributed by atoms with Gasteiger partial charge in [-0.2, -0.15) is 0 Å². The lowest BCUT2D eigenvalue weighted by Gasteiger charge is -2.06. The smallest absolute Gasteiger partial charge is 0.238 e. The third-order valence-corrected chi connectivity index (χ3v) is 2.70. The van der Waals surface area contributed by atoms with Gasteiger partial charge in [-0.1, -0.05) is 0 Å². The zero-order valence-corrected chi connectivity index (χ0v) is 10.4. The number of halogens is 1. The number of pyridine rings is 1. The van der Waals surface area contributed by atoms with E-state index in [1.165, 1.54) is 0 Å². The van der Waals surface area contributed by atoms with Crippen LogP contribution in [0.5, 0.6) is 0 Å². The molecule has 5 nitrogen and oxygen atoms in total. The molecule has 90 valence electrons. The molecule has 1 amide bonds. The van der Waals surface area contributed by atoms with Crippen LogP contribution in [-0.2, 0) is 18.4 Å². The summed E-state index contributed by atoms with van der Waals surface area (Å²) in [6, 6.07) is 3.72. The molecule has 0 aromatic carbocycles. The molecule has 2 aromatic heterocycles. The Morgan fingerprint density at radius 1 is 1.65 bits per heavy atom. The van der Waals surface area contributed by atoms with Crippen LogP contribution in [0.1, 0.15) is 12.7 Å². The first kappa shape index (κ1) is 11.9. The summed E-state index contributed by atoms with van der Waals surface area (Å²) in [5.74, 6) is 0.552. The predicted octanol–water partition coefficient (Wildman–Crippen LogP) is 1.21. The average Bonchev–Trinajstić information content (AvgIpc) is 2.64. The molecule has 0 fully saturated rings. The molecule has 1 unspecified atom stereocenters. The molecule has 0 aliphatic carbocycles. The zero-order valence-electron chi connectivity index (χ0n) is 9.64. The number of aromatic nitrogens is 3. The summed E-state index contributed by atoms with van der Waals surface area (Å²) in [5.41, 5.74) is 1.62. The molecular formula is C11H13ClN4O. The van der Waals surface area contributed by atoms with Gasteiger partial charge >= 0.3 is 0 Å². The molecule has 0 bridgehead atoms. The Labute approximate surface area is 104 Å². The van der Waals surface area contributed by atoms with Crippen LogP contribution in [0.2, 0.25) is 0 Å². The molecule has 0 saturated carbocycles. The molecule has 0 aliphatic heterocycles. The summed E-state index contributed by atoms with van der Waals surface area (Å²) in [6.45, 7) is 1.98. The second-order valence-electron chi connectivity index (χ2n) is 3.77. The van der Waals surface area contributed by atoms with Crippen LogP contribution >= 0.6 is 11.6 Å². The molecule has 0 radical (unpaired) electrons. The zero-order chi connectivity index (χ0) is 12.4. The van der Waals surface area contributed by atoms with Gasteiger partial charge in [0.1, 0.15) is 16.7 Å². The molecule has 2 aromatic rings. The van der Waals surface area contributed by atoms with E-state index in [-0.39, 0.29) is 5.91 Å². The van der Waals surface area contributed by atoms with Crippen LogP contribution in [-0.4, -0.2) is 25.8 Å². The fourth-order valence-electron chi connectivity index (χ4n) is 1.54. The summed E-state index contributed by atoms with van der Waals surface area (Å²) in [5, 5.41) is 2.18. The number of nitrogens with zero attached hydrogens (tertiary/aromatic N) is 3. The highest BCUT2D eigenvalue weighted by molar-refractivity contribution is 6.30. The number of hydrogen-bond acceptors (Lipinski definition) is 3. The maximum atomic E-state index is 11.3. The molecule has 2 heterocycles. The summed E-state index contributed by atoms with van der Waals surface area (Å²) in [6.07, 6.45) is 1.72. The van der Waals surface area contributed by atoms with Crippen molar-refractivity contribution in [3.8, 4) is 0 Å². The number of rotatable bonds is 3. The normalized spacial score (nSPS) is 12.6. The molecule has 2 rings (SSSR count). The van der Waals surface area contributed by atoms with Crippen molar-refractivity contribution in [1.82, 2.24) is 19.9 Å². The SMILES string of the molecule is CC(Cl)C(=O)NCc1nc2cccnc2n1C. The molecule has 17 heavy (non-hydrogen) atoms. The number of amides is 1. The minimum atomic E-state index is -0.539. The van der Waals surface area contributed by atoms with E-state index in [1.54, 1.807) is 13.1 Å². The van der Waals surface area contributed by atoms with E-state index in [9.17, 15) is 4.79 Å². The Balaban J connectivity index is 2.19. The number of nitrogens with one attached hydrogen (secondary N) is 1. The predicted molar refractivity (Wildman–Crippen MR) is 65.7 cm³/mol. The fourth-order valence-corrected chi connectivity index (χ4v) is 1.61. The quantitative estimate of drug-likeness (QED) is 0.836. The van der Waals surface area contributed by atoms with Crippen molar-refractivity contribution in [2.24, 2.45) is 7.05 Å². The Kier molecular flexibility index (Phi) is 3.28. The average molecular weight is 253 g/mol. The second-order valence-corrected chi connectivity index (χ2v) is 4.42. The Hall–Kier alpha value is -1.62. The minimum Gasteiger partial charge on any atom is -0.348 e. The van der Waals surface area contributed by atoms with Crippen molar-refractivity contribution < 1.29 is 4.79 Å². The third kappa shape index (κ3) is 2.39. The van der Waals surface area contributed by atoms with Gasteiger partial charge in [-0.3, -0.25) is 4.79 Å². The fraction of sp³-hybridized carbons (Fsp3) is 0.364. The first-order chi connectivity index (χ1) is 8.09. The first-order valence-corrected chi connectivity index (χ1v) is 5.71. The van der Waals surface area contributed by atoms with Gasteiger partial charge in [0.2, 0.25) is 5.91 Å². The Morgan fingerprint density at radius 3 is 3.06 bits per heavy atom. The van der Waals surface area contributed by atoms with E-state index in [2.05, 4.69) is 15.3 Å². The van der Waals surface area contributed by atoms with Gasteiger partial charge in [-0.05, 0) is 19.1 Å². The van der Waals surface area contributed by atoms with Crippen molar-refractivity contribution in [2.45, 2.75) is 18.8 Å². The minimum absolute atomic E-state index is 0.202. The van der Waals surface area contributed by atoms with E-state index in [0.717, 1.165) is 17.0 Å². The summed E-state index contributed by atoms with van der Waals surface area (Å²) in [7, 11) is 1.87. The lowest BCUT2D eigenvalue weighted by molar-refractivity contribution is -0.120. The van der Waals surface area contributed by atoms with E-state index in [0.29, 0.717) is 6.54 Å². The molecule has 0 spiro atoms. The Morgan fingerprint density at radius 2 is 2.41 bits per heavy atom. The van der Waals surface area contributed by atoms with Crippen molar-refractivity contribution in [3.63, 3.8) is 0 Å².